The second-order valence-corrected chi connectivity index (χ2v) is 8.65. The van der Waals surface area contributed by atoms with E-state index in [4.69, 9.17) is 14.2 Å². The van der Waals surface area contributed by atoms with Crippen molar-refractivity contribution in [2.45, 2.75) is 65.0 Å². The molecule has 1 saturated heterocycles. The topological polar surface area (TPSA) is 99.1 Å². The Labute approximate surface area is 165 Å². The maximum Gasteiger partial charge on any atom is 0.334 e. The van der Waals surface area contributed by atoms with Gasteiger partial charge in [0, 0.05) is 25.0 Å². The highest BCUT2D eigenvalue weighted by Gasteiger charge is 2.68. The number of methoxy groups -OCH3 is 1. The predicted octanol–water partition coefficient (Wildman–Crippen LogP) is 1.66. The molecule has 9 unspecified atom stereocenters. The Hall–Kier alpha value is -1.73. The van der Waals surface area contributed by atoms with Gasteiger partial charge in [-0.2, -0.15) is 0 Å². The molecule has 156 valence electrons. The zero-order valence-corrected chi connectivity index (χ0v) is 17.1. The minimum absolute atomic E-state index is 0.0989. The molecule has 7 nitrogen and oxygen atoms in total. The lowest BCUT2D eigenvalue weighted by molar-refractivity contribution is -0.170. The molecular formula is C21H30O7. The van der Waals surface area contributed by atoms with Gasteiger partial charge < -0.3 is 19.3 Å². The van der Waals surface area contributed by atoms with E-state index in [1.807, 2.05) is 13.8 Å². The van der Waals surface area contributed by atoms with E-state index in [0.29, 0.717) is 6.42 Å². The number of Topliss-reactive ketones (excluding diaryl/α,β-unsaturated/α-hetero) is 1. The van der Waals surface area contributed by atoms with E-state index in [0.717, 1.165) is 0 Å². The third-order valence-electron chi connectivity index (χ3n) is 7.26. The van der Waals surface area contributed by atoms with Crippen LogP contribution in [0.3, 0.4) is 0 Å². The maximum atomic E-state index is 13.2. The van der Waals surface area contributed by atoms with Crippen molar-refractivity contribution in [3.05, 3.63) is 12.2 Å². The van der Waals surface area contributed by atoms with E-state index in [1.54, 1.807) is 13.8 Å². The molecule has 0 radical (unpaired) electrons. The molecule has 1 heterocycles. The van der Waals surface area contributed by atoms with Crippen molar-refractivity contribution in [3.8, 4) is 0 Å². The maximum absolute atomic E-state index is 13.2. The van der Waals surface area contributed by atoms with E-state index in [-0.39, 0.29) is 29.6 Å². The number of aliphatic hydroxyl groups is 1. The monoisotopic (exact) mass is 394 g/mol. The summed E-state index contributed by atoms with van der Waals surface area (Å²) < 4.78 is 16.9. The lowest BCUT2D eigenvalue weighted by atomic mass is 9.67. The molecule has 0 aromatic carbocycles. The first-order valence-electron chi connectivity index (χ1n) is 9.93. The van der Waals surface area contributed by atoms with Gasteiger partial charge in [-0.15, -0.1) is 0 Å². The zero-order valence-electron chi connectivity index (χ0n) is 17.1. The number of esters is 2. The molecule has 0 spiro atoms. The number of ether oxygens (including phenoxy) is 3. The molecule has 1 N–H and O–H groups in total. The Kier molecular flexibility index (Phi) is 5.44. The summed E-state index contributed by atoms with van der Waals surface area (Å²) in [5.41, 5.74) is -0.977. The van der Waals surface area contributed by atoms with Gasteiger partial charge in [-0.05, 0) is 19.3 Å². The Balaban J connectivity index is 2.14. The molecule has 0 aromatic rings. The fourth-order valence-electron chi connectivity index (χ4n) is 5.30. The minimum atomic E-state index is -1.11. The number of hydrogen-bond donors (Lipinski definition) is 1. The summed E-state index contributed by atoms with van der Waals surface area (Å²) in [6.45, 7) is 11.0. The Morgan fingerprint density at radius 2 is 2.07 bits per heavy atom. The second-order valence-electron chi connectivity index (χ2n) is 8.65. The van der Waals surface area contributed by atoms with E-state index in [2.05, 4.69) is 6.58 Å². The van der Waals surface area contributed by atoms with Crippen molar-refractivity contribution >= 4 is 17.7 Å². The standard InChI is InChI=1S/C21H30O7/c1-7-9(2)19(24)28-18-14-10(3)20(25)27-17(14)16(23)11(4)15-12(26-6)8-13(22)21(15,18)5/h9,11-12,14-18,23H,3,7-8H2,1-2,4-6H3. The first kappa shape index (κ1) is 21.0. The summed E-state index contributed by atoms with van der Waals surface area (Å²) in [7, 11) is 1.54. The molecule has 2 aliphatic carbocycles. The smallest absolute Gasteiger partial charge is 0.334 e. The number of hydrogen-bond acceptors (Lipinski definition) is 7. The highest BCUT2D eigenvalue weighted by Crippen LogP contribution is 2.57. The van der Waals surface area contributed by atoms with Gasteiger partial charge in [0.05, 0.1) is 29.5 Å². The molecule has 3 aliphatic rings. The van der Waals surface area contributed by atoms with Crippen LogP contribution in [0, 0.1) is 29.1 Å². The molecule has 3 fully saturated rings. The number of rotatable bonds is 4. The van der Waals surface area contributed by atoms with Crippen molar-refractivity contribution < 1.29 is 33.7 Å². The number of fused-ring (bicyclic) bond motifs is 2. The van der Waals surface area contributed by atoms with Crippen molar-refractivity contribution in [2.75, 3.05) is 7.11 Å². The summed E-state index contributed by atoms with van der Waals surface area (Å²) in [4.78, 5) is 38.1. The minimum Gasteiger partial charge on any atom is -0.460 e. The fourth-order valence-corrected chi connectivity index (χ4v) is 5.30. The van der Waals surface area contributed by atoms with Crippen molar-refractivity contribution in [3.63, 3.8) is 0 Å². The van der Waals surface area contributed by atoms with Gasteiger partial charge in [-0.25, -0.2) is 4.79 Å². The molecular weight excluding hydrogens is 364 g/mol. The third kappa shape index (κ3) is 2.82. The summed E-state index contributed by atoms with van der Waals surface area (Å²) in [6.07, 6.45) is -2.52. The van der Waals surface area contributed by atoms with E-state index in [1.165, 1.54) is 7.11 Å². The summed E-state index contributed by atoms with van der Waals surface area (Å²) >= 11 is 0. The van der Waals surface area contributed by atoms with E-state index < -0.39 is 53.6 Å². The average Bonchev–Trinajstić information content (AvgIpc) is 3.09. The van der Waals surface area contributed by atoms with Gasteiger partial charge in [0.1, 0.15) is 18.0 Å². The molecule has 3 rings (SSSR count). The van der Waals surface area contributed by atoms with Crippen LogP contribution in [0.15, 0.2) is 12.2 Å². The predicted molar refractivity (Wildman–Crippen MR) is 99.0 cm³/mol. The molecule has 2 saturated carbocycles. The lowest BCUT2D eigenvalue weighted by Gasteiger charge is -2.40. The average molecular weight is 394 g/mol. The van der Waals surface area contributed by atoms with Gasteiger partial charge in [0.2, 0.25) is 0 Å². The SMILES string of the molecule is C=C1C(=O)OC2C(O)C(C)C3C(OC)CC(=O)C3(C)C(OC(=O)C(C)CC)C12. The van der Waals surface area contributed by atoms with Crippen molar-refractivity contribution in [1.82, 2.24) is 0 Å². The molecule has 0 amide bonds. The normalized spacial score (nSPS) is 43.8. The van der Waals surface area contributed by atoms with Crippen LogP contribution in [-0.4, -0.2) is 54.4 Å². The Morgan fingerprint density at radius 3 is 2.64 bits per heavy atom. The van der Waals surface area contributed by atoms with E-state index >= 15 is 0 Å². The van der Waals surface area contributed by atoms with Gasteiger partial charge in [-0.1, -0.05) is 27.4 Å². The Bertz CT molecular complexity index is 701. The molecule has 7 heteroatoms. The molecule has 28 heavy (non-hydrogen) atoms. The van der Waals surface area contributed by atoms with Crippen LogP contribution < -0.4 is 0 Å². The van der Waals surface area contributed by atoms with Crippen LogP contribution in [0.4, 0.5) is 0 Å². The molecule has 0 aromatic heterocycles. The number of carbonyl (C=O) groups excluding carboxylic acids is 3. The van der Waals surface area contributed by atoms with Crippen LogP contribution in [-0.2, 0) is 28.6 Å². The summed E-state index contributed by atoms with van der Waals surface area (Å²) in [6, 6.07) is 0. The largest absolute Gasteiger partial charge is 0.460 e. The van der Waals surface area contributed by atoms with E-state index in [9.17, 15) is 19.5 Å². The molecule has 9 atom stereocenters. The number of carbonyl (C=O) groups is 3. The third-order valence-corrected chi connectivity index (χ3v) is 7.26. The first-order chi connectivity index (χ1) is 13.1. The lowest BCUT2D eigenvalue weighted by Crippen LogP contribution is -2.50. The number of aliphatic hydroxyl groups excluding tert-OH is 1. The van der Waals surface area contributed by atoms with Crippen LogP contribution in [0.5, 0.6) is 0 Å². The highest BCUT2D eigenvalue weighted by atomic mass is 16.6. The van der Waals surface area contributed by atoms with Crippen LogP contribution in [0.2, 0.25) is 0 Å². The van der Waals surface area contributed by atoms with Crippen molar-refractivity contribution in [1.29, 1.82) is 0 Å². The zero-order chi connectivity index (χ0) is 21.0. The highest BCUT2D eigenvalue weighted by molar-refractivity contribution is 5.93. The summed E-state index contributed by atoms with van der Waals surface area (Å²) in [5.74, 6) is -3.07. The van der Waals surface area contributed by atoms with Crippen molar-refractivity contribution in [2.24, 2.45) is 29.1 Å². The van der Waals surface area contributed by atoms with Crippen LogP contribution >= 0.6 is 0 Å². The van der Waals surface area contributed by atoms with Crippen LogP contribution in [0.25, 0.3) is 0 Å². The molecule has 1 aliphatic heterocycles. The van der Waals surface area contributed by atoms with Gasteiger partial charge in [0.15, 0.2) is 0 Å². The van der Waals surface area contributed by atoms with Gasteiger partial charge in [-0.3, -0.25) is 9.59 Å². The Morgan fingerprint density at radius 1 is 1.43 bits per heavy atom. The van der Waals surface area contributed by atoms with Gasteiger partial charge in [0.25, 0.3) is 0 Å². The molecule has 0 bridgehead atoms. The second kappa shape index (κ2) is 7.26. The summed E-state index contributed by atoms with van der Waals surface area (Å²) in [5, 5.41) is 11.0. The quantitative estimate of drug-likeness (QED) is 0.572. The number of ketones is 1. The first-order valence-corrected chi connectivity index (χ1v) is 9.93. The van der Waals surface area contributed by atoms with Crippen LogP contribution in [0.1, 0.15) is 40.5 Å². The fraction of sp³-hybridized carbons (Fsp3) is 0.762. The van der Waals surface area contributed by atoms with Gasteiger partial charge >= 0.3 is 11.9 Å².